The highest BCUT2D eigenvalue weighted by molar-refractivity contribution is 7.98. The monoisotopic (exact) mass is 213 g/mol. The molecule has 2 rings (SSSR count). The van der Waals surface area contributed by atoms with Gasteiger partial charge in [-0.3, -0.25) is 9.93 Å². The molecule has 1 fully saturated rings. The number of ether oxygens (including phenoxy) is 1. The largest absolute Gasteiger partial charge is 0.434 e. The molecule has 0 spiro atoms. The Hall–Kier alpha value is -0.480. The lowest BCUT2D eigenvalue weighted by Gasteiger charge is -2.43. The number of hydrogen-bond donors (Lipinski definition) is 1. The molecule has 4 heteroatoms. The highest BCUT2D eigenvalue weighted by Crippen LogP contribution is 2.58. The summed E-state index contributed by atoms with van der Waals surface area (Å²) < 4.78 is 4.84. The Kier molecular flexibility index (Phi) is 2.16. The number of carbonyl (C=O) groups is 1. The van der Waals surface area contributed by atoms with Crippen molar-refractivity contribution in [1.29, 1.82) is 0 Å². The first-order chi connectivity index (χ1) is 6.57. The van der Waals surface area contributed by atoms with Crippen LogP contribution >= 0.6 is 11.9 Å². The Morgan fingerprint density at radius 1 is 1.57 bits per heavy atom. The molecule has 14 heavy (non-hydrogen) atoms. The van der Waals surface area contributed by atoms with E-state index in [1.165, 1.54) is 11.9 Å². The van der Waals surface area contributed by atoms with E-state index in [1.807, 2.05) is 13.8 Å². The molecule has 0 aromatic heterocycles. The van der Waals surface area contributed by atoms with Crippen molar-refractivity contribution >= 4 is 17.9 Å². The minimum Gasteiger partial charge on any atom is -0.434 e. The number of carbonyl (C=O) groups excluding carboxylic acids is 1. The summed E-state index contributed by atoms with van der Waals surface area (Å²) in [6, 6.07) is 0. The van der Waals surface area contributed by atoms with Crippen molar-refractivity contribution < 1.29 is 9.53 Å². The third kappa shape index (κ3) is 0.956. The summed E-state index contributed by atoms with van der Waals surface area (Å²) in [4.78, 5) is 11.8. The van der Waals surface area contributed by atoms with Gasteiger partial charge in [0.2, 0.25) is 0 Å². The first kappa shape index (κ1) is 10.1. The summed E-state index contributed by atoms with van der Waals surface area (Å²) in [7, 11) is 0. The third-order valence-electron chi connectivity index (χ3n) is 3.73. The van der Waals surface area contributed by atoms with Crippen LogP contribution in [-0.2, 0) is 9.53 Å². The fourth-order valence-corrected chi connectivity index (χ4v) is 3.66. The van der Waals surface area contributed by atoms with E-state index in [0.29, 0.717) is 0 Å². The van der Waals surface area contributed by atoms with Gasteiger partial charge in [0.1, 0.15) is 0 Å². The molecule has 0 aromatic carbocycles. The Labute approximate surface area is 88.2 Å². The molecular formula is C10H15NO2S. The summed E-state index contributed by atoms with van der Waals surface area (Å²) in [5.41, 5.74) is 0.662. The van der Waals surface area contributed by atoms with E-state index >= 15 is 0 Å². The van der Waals surface area contributed by atoms with E-state index in [-0.39, 0.29) is 10.7 Å². The normalized spacial score (nSPS) is 41.6. The van der Waals surface area contributed by atoms with Crippen LogP contribution in [0.5, 0.6) is 0 Å². The van der Waals surface area contributed by atoms with Gasteiger partial charge < -0.3 is 4.74 Å². The topological polar surface area (TPSA) is 52.3 Å². The van der Waals surface area contributed by atoms with Crippen LogP contribution in [0.1, 0.15) is 33.1 Å². The molecule has 2 N–H and O–H groups in total. The molecule has 1 aliphatic carbocycles. The molecule has 2 unspecified atom stereocenters. The van der Waals surface area contributed by atoms with Crippen molar-refractivity contribution in [2.24, 2.45) is 10.6 Å². The lowest BCUT2D eigenvalue weighted by molar-refractivity contribution is -0.151. The van der Waals surface area contributed by atoms with Gasteiger partial charge in [-0.1, -0.05) is 18.4 Å². The van der Waals surface area contributed by atoms with Gasteiger partial charge in [-0.15, -0.1) is 0 Å². The molecule has 0 radical (unpaired) electrons. The van der Waals surface area contributed by atoms with Crippen molar-refractivity contribution in [2.75, 3.05) is 0 Å². The third-order valence-corrected chi connectivity index (χ3v) is 5.11. The quantitative estimate of drug-likeness (QED) is 0.534. The Balaban J connectivity index is 2.54. The fourth-order valence-electron chi connectivity index (χ4n) is 2.72. The zero-order chi connectivity index (χ0) is 10.4. The predicted octanol–water partition coefficient (Wildman–Crippen LogP) is 1.98. The van der Waals surface area contributed by atoms with Gasteiger partial charge in [0, 0.05) is 0 Å². The standard InChI is InChI=1S/C10H15NO2S/c1-7-6-13-8(12)9(2)4-3-5-10(7,9)14-11/h6H,3-5,11H2,1-2H3. The van der Waals surface area contributed by atoms with Gasteiger partial charge in [-0.25, -0.2) is 0 Å². The number of rotatable bonds is 1. The fraction of sp³-hybridized carbons (Fsp3) is 0.700. The zero-order valence-corrected chi connectivity index (χ0v) is 9.32. The average Bonchev–Trinajstić information content (AvgIpc) is 2.53. The lowest BCUT2D eigenvalue weighted by Crippen LogP contribution is -2.49. The van der Waals surface area contributed by atoms with Crippen molar-refractivity contribution in [3.8, 4) is 0 Å². The Morgan fingerprint density at radius 3 is 2.86 bits per heavy atom. The SMILES string of the molecule is CC1=COC(=O)C2(C)CCCC12SN. The van der Waals surface area contributed by atoms with Crippen molar-refractivity contribution in [1.82, 2.24) is 0 Å². The van der Waals surface area contributed by atoms with Gasteiger partial charge in [0.25, 0.3) is 0 Å². The van der Waals surface area contributed by atoms with E-state index < -0.39 is 5.41 Å². The second-order valence-corrected chi connectivity index (χ2v) is 5.27. The molecule has 1 aliphatic heterocycles. The van der Waals surface area contributed by atoms with Crippen LogP contribution in [-0.4, -0.2) is 10.7 Å². The van der Waals surface area contributed by atoms with Crippen LogP contribution in [0.4, 0.5) is 0 Å². The van der Waals surface area contributed by atoms with Gasteiger partial charge in [-0.05, 0) is 32.3 Å². The second-order valence-electron chi connectivity index (χ2n) is 4.34. The molecule has 1 heterocycles. The molecule has 0 amide bonds. The maximum atomic E-state index is 11.8. The minimum absolute atomic E-state index is 0.126. The van der Waals surface area contributed by atoms with Crippen LogP contribution in [0.3, 0.4) is 0 Å². The predicted molar refractivity (Wildman–Crippen MR) is 56.3 cm³/mol. The maximum absolute atomic E-state index is 11.8. The summed E-state index contributed by atoms with van der Waals surface area (Å²) in [5.74, 6) is -0.126. The molecule has 78 valence electrons. The Bertz CT molecular complexity index is 315. The maximum Gasteiger partial charge on any atom is 0.318 e. The number of cyclic esters (lactones) is 1. The van der Waals surface area contributed by atoms with Crippen LogP contribution in [0.15, 0.2) is 11.8 Å². The van der Waals surface area contributed by atoms with Gasteiger partial charge in [0.05, 0.1) is 16.4 Å². The molecular weight excluding hydrogens is 198 g/mol. The van der Waals surface area contributed by atoms with E-state index in [4.69, 9.17) is 9.88 Å². The first-order valence-electron chi connectivity index (χ1n) is 4.83. The number of esters is 1. The number of nitrogens with two attached hydrogens (primary N) is 1. The van der Waals surface area contributed by atoms with E-state index in [0.717, 1.165) is 24.8 Å². The average molecular weight is 213 g/mol. The van der Waals surface area contributed by atoms with Gasteiger partial charge in [0.15, 0.2) is 0 Å². The molecule has 0 saturated heterocycles. The van der Waals surface area contributed by atoms with E-state index in [1.54, 1.807) is 6.26 Å². The van der Waals surface area contributed by atoms with E-state index in [2.05, 4.69) is 0 Å². The van der Waals surface area contributed by atoms with Crippen molar-refractivity contribution in [2.45, 2.75) is 37.9 Å². The highest BCUT2D eigenvalue weighted by Gasteiger charge is 2.60. The summed E-state index contributed by atoms with van der Waals surface area (Å²) in [5, 5.41) is 5.79. The van der Waals surface area contributed by atoms with Crippen LogP contribution in [0.2, 0.25) is 0 Å². The van der Waals surface area contributed by atoms with E-state index in [9.17, 15) is 4.79 Å². The van der Waals surface area contributed by atoms with Gasteiger partial charge in [-0.2, -0.15) is 0 Å². The van der Waals surface area contributed by atoms with Gasteiger partial charge >= 0.3 is 5.97 Å². The minimum atomic E-state index is -0.425. The van der Waals surface area contributed by atoms with Crippen LogP contribution < -0.4 is 5.14 Å². The summed E-state index contributed by atoms with van der Waals surface area (Å²) in [6.07, 6.45) is 4.46. The highest BCUT2D eigenvalue weighted by atomic mass is 32.2. The molecule has 2 aliphatic rings. The summed E-state index contributed by atoms with van der Waals surface area (Å²) in [6.45, 7) is 3.97. The second kappa shape index (κ2) is 3.00. The molecule has 1 saturated carbocycles. The van der Waals surface area contributed by atoms with Crippen molar-refractivity contribution in [3.05, 3.63) is 11.8 Å². The molecule has 0 aromatic rings. The van der Waals surface area contributed by atoms with Crippen LogP contribution in [0, 0.1) is 5.41 Å². The van der Waals surface area contributed by atoms with Crippen molar-refractivity contribution in [3.63, 3.8) is 0 Å². The molecule has 0 bridgehead atoms. The zero-order valence-electron chi connectivity index (χ0n) is 8.50. The number of hydrogen-bond acceptors (Lipinski definition) is 4. The first-order valence-corrected chi connectivity index (χ1v) is 5.71. The lowest BCUT2D eigenvalue weighted by atomic mass is 9.74. The molecule has 3 nitrogen and oxygen atoms in total. The van der Waals surface area contributed by atoms with Crippen LogP contribution in [0.25, 0.3) is 0 Å². The Morgan fingerprint density at radius 2 is 2.29 bits per heavy atom. The summed E-state index contributed by atoms with van der Waals surface area (Å²) >= 11 is 1.31. The molecule has 2 atom stereocenters. The number of fused-ring (bicyclic) bond motifs is 1. The smallest absolute Gasteiger partial charge is 0.318 e.